The third-order valence-electron chi connectivity index (χ3n) is 5.54. The summed E-state index contributed by atoms with van der Waals surface area (Å²) in [5.41, 5.74) is 4.06. The van der Waals surface area contributed by atoms with Crippen molar-refractivity contribution in [3.8, 4) is 0 Å². The highest BCUT2D eigenvalue weighted by molar-refractivity contribution is 5.74. The zero-order chi connectivity index (χ0) is 17.2. The van der Waals surface area contributed by atoms with Gasteiger partial charge >= 0.3 is 6.03 Å². The van der Waals surface area contributed by atoms with Crippen LogP contribution in [0.4, 0.5) is 4.79 Å². The Morgan fingerprint density at radius 1 is 1.32 bits per heavy atom. The van der Waals surface area contributed by atoms with Gasteiger partial charge in [0.25, 0.3) is 0 Å². The van der Waals surface area contributed by atoms with Crippen LogP contribution in [0.1, 0.15) is 48.2 Å². The van der Waals surface area contributed by atoms with Crippen molar-refractivity contribution in [3.63, 3.8) is 0 Å². The zero-order valence-electron chi connectivity index (χ0n) is 14.9. The Morgan fingerprint density at radius 2 is 2.24 bits per heavy atom. The Kier molecular flexibility index (Phi) is 4.47. The first-order valence-electron chi connectivity index (χ1n) is 9.39. The van der Waals surface area contributed by atoms with Gasteiger partial charge in [-0.3, -0.25) is 0 Å². The number of nitrogens with zero attached hydrogens (tertiary/aromatic N) is 3. The number of benzene rings is 1. The molecule has 1 aromatic carbocycles. The van der Waals surface area contributed by atoms with Crippen molar-refractivity contribution < 1.29 is 4.79 Å². The van der Waals surface area contributed by atoms with Crippen molar-refractivity contribution in [1.82, 2.24) is 19.8 Å². The van der Waals surface area contributed by atoms with E-state index in [0.29, 0.717) is 19.0 Å². The second kappa shape index (κ2) is 6.90. The third kappa shape index (κ3) is 3.28. The van der Waals surface area contributed by atoms with Gasteiger partial charge in [-0.1, -0.05) is 25.1 Å². The average Bonchev–Trinajstić information content (AvgIpc) is 3.14. The maximum atomic E-state index is 12.6. The number of hydrogen-bond donors (Lipinski definition) is 1. The second-order valence-electron chi connectivity index (χ2n) is 7.13. The van der Waals surface area contributed by atoms with Gasteiger partial charge < -0.3 is 14.8 Å². The molecule has 0 bridgehead atoms. The highest BCUT2D eigenvalue weighted by atomic mass is 16.2. The van der Waals surface area contributed by atoms with Crippen LogP contribution in [-0.2, 0) is 25.9 Å². The Balaban J connectivity index is 1.36. The molecule has 2 aliphatic rings. The van der Waals surface area contributed by atoms with Gasteiger partial charge in [-0.25, -0.2) is 9.78 Å². The van der Waals surface area contributed by atoms with Crippen molar-refractivity contribution in [1.29, 1.82) is 0 Å². The number of nitrogens with one attached hydrogen (secondary N) is 1. The van der Waals surface area contributed by atoms with Crippen LogP contribution in [0.15, 0.2) is 30.6 Å². The van der Waals surface area contributed by atoms with Crippen LogP contribution in [0.3, 0.4) is 0 Å². The van der Waals surface area contributed by atoms with E-state index in [0.717, 1.165) is 44.6 Å². The summed E-state index contributed by atoms with van der Waals surface area (Å²) in [6.07, 6.45) is 8.16. The van der Waals surface area contributed by atoms with Gasteiger partial charge in [-0.2, -0.15) is 0 Å². The van der Waals surface area contributed by atoms with Crippen molar-refractivity contribution in [2.45, 2.75) is 51.6 Å². The van der Waals surface area contributed by atoms with Crippen molar-refractivity contribution in [3.05, 3.63) is 53.1 Å². The molecule has 5 heteroatoms. The van der Waals surface area contributed by atoms with E-state index in [9.17, 15) is 4.79 Å². The summed E-state index contributed by atoms with van der Waals surface area (Å²) in [7, 11) is 0. The lowest BCUT2D eigenvalue weighted by Crippen LogP contribution is -2.44. The van der Waals surface area contributed by atoms with Gasteiger partial charge in [0.1, 0.15) is 5.82 Å². The molecule has 0 fully saturated rings. The highest BCUT2D eigenvalue weighted by Crippen LogP contribution is 2.25. The molecule has 1 unspecified atom stereocenters. The lowest BCUT2D eigenvalue weighted by molar-refractivity contribution is 0.191. The first-order valence-corrected chi connectivity index (χ1v) is 9.39. The second-order valence-corrected chi connectivity index (χ2v) is 7.13. The summed E-state index contributed by atoms with van der Waals surface area (Å²) >= 11 is 0. The largest absolute Gasteiger partial charge is 0.337 e. The molecule has 1 aromatic heterocycles. The van der Waals surface area contributed by atoms with Crippen LogP contribution in [0.5, 0.6) is 0 Å². The third-order valence-corrected chi connectivity index (χ3v) is 5.54. The summed E-state index contributed by atoms with van der Waals surface area (Å²) in [6, 6.07) is 6.72. The number of fused-ring (bicyclic) bond motifs is 2. The van der Waals surface area contributed by atoms with Crippen LogP contribution in [0.25, 0.3) is 0 Å². The number of carbonyl (C=O) groups is 1. The molecular formula is C20H26N4O. The Hall–Kier alpha value is -2.30. The normalized spacial score (nSPS) is 19.2. The van der Waals surface area contributed by atoms with Gasteiger partial charge in [0.2, 0.25) is 0 Å². The summed E-state index contributed by atoms with van der Waals surface area (Å²) < 4.78 is 2.21. The molecule has 1 atom stereocenters. The number of imidazole rings is 1. The molecule has 3 heterocycles. The van der Waals surface area contributed by atoms with Crippen LogP contribution in [-0.4, -0.2) is 33.6 Å². The molecule has 2 aliphatic heterocycles. The van der Waals surface area contributed by atoms with E-state index in [1.165, 1.54) is 16.7 Å². The number of aryl methyl sites for hydroxylation is 2. The minimum Gasteiger partial charge on any atom is -0.337 e. The average molecular weight is 338 g/mol. The maximum Gasteiger partial charge on any atom is 0.317 e. The number of urea groups is 1. The van der Waals surface area contributed by atoms with Gasteiger partial charge in [-0.15, -0.1) is 0 Å². The predicted octanol–water partition coefficient (Wildman–Crippen LogP) is 3.09. The van der Waals surface area contributed by atoms with Crippen molar-refractivity contribution in [2.24, 2.45) is 0 Å². The lowest BCUT2D eigenvalue weighted by Gasteiger charge is -2.30. The van der Waals surface area contributed by atoms with Gasteiger partial charge in [0.15, 0.2) is 0 Å². The number of rotatable bonds is 3. The Labute approximate surface area is 149 Å². The first kappa shape index (κ1) is 16.2. The van der Waals surface area contributed by atoms with E-state index < -0.39 is 0 Å². The highest BCUT2D eigenvalue weighted by Gasteiger charge is 2.24. The fourth-order valence-electron chi connectivity index (χ4n) is 4.02. The first-order chi connectivity index (χ1) is 12.2. The molecule has 0 saturated carbocycles. The van der Waals surface area contributed by atoms with E-state index in [-0.39, 0.29) is 6.03 Å². The number of aromatic nitrogens is 2. The van der Waals surface area contributed by atoms with Gasteiger partial charge in [-0.05, 0) is 42.4 Å². The van der Waals surface area contributed by atoms with Crippen LogP contribution in [0, 0.1) is 0 Å². The smallest absolute Gasteiger partial charge is 0.317 e. The molecule has 2 amide bonds. The Bertz CT molecular complexity index is 767. The fourth-order valence-corrected chi connectivity index (χ4v) is 4.02. The molecule has 0 radical (unpaired) electrons. The minimum atomic E-state index is 0.0499. The topological polar surface area (TPSA) is 50.2 Å². The molecular weight excluding hydrogens is 312 g/mol. The summed E-state index contributed by atoms with van der Waals surface area (Å²) in [5.74, 6) is 1.44. The van der Waals surface area contributed by atoms with Gasteiger partial charge in [0.05, 0.1) is 0 Å². The van der Waals surface area contributed by atoms with E-state index in [4.69, 9.17) is 0 Å². The number of carbonyl (C=O) groups excluding carboxylic acids is 1. The molecule has 1 N–H and O–H groups in total. The Morgan fingerprint density at radius 3 is 3.12 bits per heavy atom. The van der Waals surface area contributed by atoms with Crippen molar-refractivity contribution >= 4 is 6.03 Å². The molecule has 2 aromatic rings. The molecule has 132 valence electrons. The predicted molar refractivity (Wildman–Crippen MR) is 97.5 cm³/mol. The van der Waals surface area contributed by atoms with Crippen molar-refractivity contribution in [2.75, 3.05) is 13.1 Å². The molecule has 0 spiro atoms. The molecule has 25 heavy (non-hydrogen) atoms. The summed E-state index contributed by atoms with van der Waals surface area (Å²) in [4.78, 5) is 19.0. The summed E-state index contributed by atoms with van der Waals surface area (Å²) in [6.45, 7) is 5.41. The van der Waals surface area contributed by atoms with E-state index in [1.54, 1.807) is 0 Å². The van der Waals surface area contributed by atoms with E-state index >= 15 is 0 Å². The number of hydrogen-bond acceptors (Lipinski definition) is 2. The van der Waals surface area contributed by atoms with E-state index in [1.807, 2.05) is 17.3 Å². The van der Waals surface area contributed by atoms with Crippen LogP contribution in [0.2, 0.25) is 0 Å². The monoisotopic (exact) mass is 338 g/mol. The van der Waals surface area contributed by atoms with Gasteiger partial charge in [0, 0.05) is 44.5 Å². The maximum absolute atomic E-state index is 12.6. The number of amides is 2. The molecule has 4 rings (SSSR count). The zero-order valence-corrected chi connectivity index (χ0v) is 14.9. The SMILES string of the molecule is CCc1ccc2c(c1)CCN(C(=O)NCC1CCCn3ccnc31)C2. The van der Waals surface area contributed by atoms with Crippen LogP contribution >= 0.6 is 0 Å². The van der Waals surface area contributed by atoms with E-state index in [2.05, 4.69) is 40.0 Å². The standard InChI is InChI=1S/C20H26N4O/c1-2-15-5-6-18-14-24(10-7-16(18)12-15)20(25)22-13-17-4-3-9-23-11-8-21-19(17)23/h5-6,8,11-12,17H,2-4,7,9-10,13-14H2,1H3,(H,22,25). The van der Waals surface area contributed by atoms with Crippen LogP contribution < -0.4 is 5.32 Å². The molecule has 5 nitrogen and oxygen atoms in total. The minimum absolute atomic E-state index is 0.0499. The summed E-state index contributed by atoms with van der Waals surface area (Å²) in [5, 5.41) is 3.14. The fraction of sp³-hybridized carbons (Fsp3) is 0.500. The quantitative estimate of drug-likeness (QED) is 0.935. The molecule has 0 saturated heterocycles. The molecule has 0 aliphatic carbocycles. The lowest BCUT2D eigenvalue weighted by atomic mass is 9.96.